The van der Waals surface area contributed by atoms with Gasteiger partial charge in [0.05, 0.1) is 26.5 Å². The van der Waals surface area contributed by atoms with Crippen LogP contribution < -0.4 is 11.1 Å². The second-order valence-corrected chi connectivity index (χ2v) is 10.9. The van der Waals surface area contributed by atoms with Crippen molar-refractivity contribution in [3.63, 3.8) is 0 Å². The smallest absolute Gasteiger partial charge is 0.472 e. The molecule has 0 saturated carbocycles. The molecule has 4 heterocycles. The van der Waals surface area contributed by atoms with Gasteiger partial charge in [-0.1, -0.05) is 12.1 Å². The number of nitrogens with one attached hydrogen (secondary N) is 1. The fourth-order valence-electron chi connectivity index (χ4n) is 4.62. The summed E-state index contributed by atoms with van der Waals surface area (Å²) in [6.45, 7) is -0.314. The molecule has 18 heteroatoms. The molecule has 224 valence electrons. The third-order valence-corrected chi connectivity index (χ3v) is 7.61. The molecule has 3 aromatic rings. The van der Waals surface area contributed by atoms with E-state index in [0.29, 0.717) is 5.56 Å². The number of imidazole rings is 1. The summed E-state index contributed by atoms with van der Waals surface area (Å²) >= 11 is 0. The molecule has 42 heavy (non-hydrogen) atoms. The zero-order valence-corrected chi connectivity index (χ0v) is 23.0. The molecule has 1 aromatic carbocycles. The number of benzene rings is 1. The number of methoxy groups -OCH3 is 1. The number of amides is 1. The number of carbonyl (C=O) groups is 3. The lowest BCUT2D eigenvalue weighted by molar-refractivity contribution is -0.159. The minimum Gasteiger partial charge on any atom is -0.508 e. The number of aromatic hydroxyl groups is 1. The van der Waals surface area contributed by atoms with E-state index in [9.17, 15) is 28.9 Å². The highest BCUT2D eigenvalue weighted by molar-refractivity contribution is 7.47. The summed E-state index contributed by atoms with van der Waals surface area (Å²) in [7, 11) is -3.27. The monoisotopic (exact) mass is 606 g/mol. The van der Waals surface area contributed by atoms with Crippen molar-refractivity contribution in [2.45, 2.75) is 49.8 Å². The summed E-state index contributed by atoms with van der Waals surface area (Å²) in [4.78, 5) is 59.9. The number of esters is 2. The maximum atomic E-state index is 12.9. The van der Waals surface area contributed by atoms with Gasteiger partial charge in [0.1, 0.15) is 35.8 Å². The van der Waals surface area contributed by atoms with E-state index < -0.39 is 62.7 Å². The van der Waals surface area contributed by atoms with Crippen molar-refractivity contribution in [3.8, 4) is 5.75 Å². The predicted molar refractivity (Wildman–Crippen MR) is 139 cm³/mol. The molecule has 2 fully saturated rings. The maximum absolute atomic E-state index is 12.9. The Morgan fingerprint density at radius 3 is 2.71 bits per heavy atom. The Morgan fingerprint density at radius 1 is 1.21 bits per heavy atom. The molecule has 1 unspecified atom stereocenters. The Kier molecular flexibility index (Phi) is 8.38. The largest absolute Gasteiger partial charge is 0.508 e. The number of phenolic OH excluding ortho intramolecular Hbond substituents is 1. The molecule has 2 aromatic heterocycles. The van der Waals surface area contributed by atoms with Gasteiger partial charge >= 0.3 is 19.8 Å². The lowest BCUT2D eigenvalue weighted by atomic mass is 10.1. The Labute approximate surface area is 237 Å². The van der Waals surface area contributed by atoms with Gasteiger partial charge in [-0.3, -0.25) is 23.2 Å². The number of hydrogen-bond donors (Lipinski definition) is 4. The summed E-state index contributed by atoms with van der Waals surface area (Å²) in [5.74, 6) is -2.03. The highest BCUT2D eigenvalue weighted by Gasteiger charge is 2.55. The van der Waals surface area contributed by atoms with Gasteiger partial charge in [0.2, 0.25) is 5.91 Å². The van der Waals surface area contributed by atoms with Crippen LogP contribution in [0.4, 0.5) is 5.82 Å². The normalized spacial score (nSPS) is 25.9. The fourth-order valence-corrected chi connectivity index (χ4v) is 5.58. The van der Waals surface area contributed by atoms with E-state index in [1.165, 1.54) is 36.5 Å². The summed E-state index contributed by atoms with van der Waals surface area (Å²) in [5.41, 5.74) is 7.04. The quantitative estimate of drug-likeness (QED) is 0.187. The number of aromatic nitrogens is 4. The zero-order chi connectivity index (χ0) is 30.0. The number of hydrogen-bond acceptors (Lipinski definition) is 14. The van der Waals surface area contributed by atoms with Crippen molar-refractivity contribution in [2.24, 2.45) is 0 Å². The molecule has 0 aliphatic carbocycles. The molecule has 6 atom stereocenters. The second kappa shape index (κ2) is 12.0. The summed E-state index contributed by atoms with van der Waals surface area (Å²) in [6.07, 6.45) is -2.57. The van der Waals surface area contributed by atoms with E-state index in [1.807, 2.05) is 0 Å². The first kappa shape index (κ1) is 29.3. The standard InChI is InChI=1S/C24H27N6O11P/c1-37-24(34)14(8-12-2-4-13(31)5-3-12)29-16(32)6-7-17(33)40-20-19-15(9-38-42(35,36)41-19)39-23(20)30-11-28-18-21(25)26-10-27-22(18)30/h2-5,10-11,14-15,19-20,23,31H,6-9H2,1H3,(H,29,32)(H,35,36)(H2,25,26,27)/t14-,15+,19+,20+,23+/m0/s1. The Hall–Kier alpha value is -4.15. The van der Waals surface area contributed by atoms with Gasteiger partial charge in [0.25, 0.3) is 0 Å². The number of nitrogens with zero attached hydrogens (tertiary/aromatic N) is 4. The SMILES string of the molecule is COC(=O)[C@H](Cc1ccc(O)cc1)NC(=O)CCC(=O)O[C@@H]1[C@@H]2OP(=O)(O)OC[C@H]2O[C@H]1n1cnc2c(N)ncnc21. The number of rotatable bonds is 9. The average molecular weight is 606 g/mol. The van der Waals surface area contributed by atoms with Crippen molar-refractivity contribution in [3.05, 3.63) is 42.5 Å². The molecule has 5 N–H and O–H groups in total. The van der Waals surface area contributed by atoms with Crippen molar-refractivity contribution in [2.75, 3.05) is 19.5 Å². The van der Waals surface area contributed by atoms with Crippen molar-refractivity contribution >= 4 is 42.7 Å². The van der Waals surface area contributed by atoms with Crippen LogP contribution in [0, 0.1) is 0 Å². The first-order chi connectivity index (χ1) is 20.0. The van der Waals surface area contributed by atoms with Crippen molar-refractivity contribution < 1.29 is 52.2 Å². The number of fused-ring (bicyclic) bond motifs is 2. The first-order valence-corrected chi connectivity index (χ1v) is 14.1. The molecule has 2 aliphatic heterocycles. The molecule has 5 rings (SSSR count). The summed E-state index contributed by atoms with van der Waals surface area (Å²) < 4.78 is 40.0. The van der Waals surface area contributed by atoms with E-state index >= 15 is 0 Å². The van der Waals surface area contributed by atoms with Gasteiger partial charge in [-0.2, -0.15) is 0 Å². The Bertz CT molecular complexity index is 1530. The lowest BCUT2D eigenvalue weighted by Gasteiger charge is -2.29. The highest BCUT2D eigenvalue weighted by Crippen LogP contribution is 2.53. The minimum absolute atomic E-state index is 0.0451. The number of anilines is 1. The van der Waals surface area contributed by atoms with E-state index in [0.717, 1.165) is 0 Å². The zero-order valence-electron chi connectivity index (χ0n) is 22.1. The predicted octanol–water partition coefficient (Wildman–Crippen LogP) is 0.120. The number of nitrogen functional groups attached to an aromatic ring is 1. The van der Waals surface area contributed by atoms with E-state index in [4.69, 9.17) is 29.0 Å². The van der Waals surface area contributed by atoms with Crippen molar-refractivity contribution in [1.82, 2.24) is 24.8 Å². The molecule has 17 nitrogen and oxygen atoms in total. The number of nitrogens with two attached hydrogens (primary N) is 1. The van der Waals surface area contributed by atoms with Gasteiger partial charge in [-0.05, 0) is 17.7 Å². The Morgan fingerprint density at radius 2 is 1.98 bits per heavy atom. The van der Waals surface area contributed by atoms with Crippen LogP contribution in [0.1, 0.15) is 24.6 Å². The third-order valence-electron chi connectivity index (χ3n) is 6.62. The summed E-state index contributed by atoms with van der Waals surface area (Å²) in [6, 6.07) is 5.02. The molecule has 0 bridgehead atoms. The van der Waals surface area contributed by atoms with Crippen LogP contribution in [0.3, 0.4) is 0 Å². The molecule has 0 spiro atoms. The number of phenols is 1. The average Bonchev–Trinajstić information content (AvgIpc) is 3.53. The van der Waals surface area contributed by atoms with Gasteiger partial charge in [0, 0.05) is 12.8 Å². The van der Waals surface area contributed by atoms with Gasteiger partial charge in [-0.15, -0.1) is 0 Å². The Balaban J connectivity index is 1.26. The first-order valence-electron chi connectivity index (χ1n) is 12.6. The van der Waals surface area contributed by atoms with Gasteiger partial charge in [0.15, 0.2) is 23.8 Å². The van der Waals surface area contributed by atoms with E-state index in [-0.39, 0.29) is 42.2 Å². The minimum atomic E-state index is -4.45. The van der Waals surface area contributed by atoms with Crippen LogP contribution in [-0.4, -0.2) is 85.4 Å². The second-order valence-electron chi connectivity index (χ2n) is 9.45. The summed E-state index contributed by atoms with van der Waals surface area (Å²) in [5, 5.41) is 12.0. The number of phosphoric ester groups is 1. The maximum Gasteiger partial charge on any atom is 0.472 e. The van der Waals surface area contributed by atoms with Crippen molar-refractivity contribution in [1.29, 1.82) is 0 Å². The van der Waals surface area contributed by atoms with Gasteiger partial charge < -0.3 is 35.3 Å². The molecule has 0 radical (unpaired) electrons. The molecular weight excluding hydrogens is 579 g/mol. The molecule has 2 saturated heterocycles. The topological polar surface area (TPSA) is 237 Å². The van der Waals surface area contributed by atoms with Crippen LogP contribution in [0.25, 0.3) is 11.2 Å². The lowest BCUT2D eigenvalue weighted by Crippen LogP contribution is -2.43. The number of phosphoric acid groups is 1. The van der Waals surface area contributed by atoms with Crippen LogP contribution in [-0.2, 0) is 48.6 Å². The highest BCUT2D eigenvalue weighted by atomic mass is 31.2. The van der Waals surface area contributed by atoms with Gasteiger partial charge in [-0.25, -0.2) is 24.3 Å². The van der Waals surface area contributed by atoms with Crippen LogP contribution in [0.15, 0.2) is 36.9 Å². The molecule has 2 aliphatic rings. The van der Waals surface area contributed by atoms with Crippen LogP contribution >= 0.6 is 7.82 Å². The molecular formula is C24H27N6O11P. The number of carbonyl (C=O) groups excluding carboxylic acids is 3. The van der Waals surface area contributed by atoms with Crippen LogP contribution in [0.5, 0.6) is 5.75 Å². The van der Waals surface area contributed by atoms with E-state index in [1.54, 1.807) is 12.1 Å². The number of ether oxygens (including phenoxy) is 3. The third kappa shape index (κ3) is 6.34. The molecule has 1 amide bonds. The van der Waals surface area contributed by atoms with Crippen LogP contribution in [0.2, 0.25) is 0 Å². The van der Waals surface area contributed by atoms with E-state index in [2.05, 4.69) is 20.3 Å². The fraction of sp³-hybridized carbons (Fsp3) is 0.417.